The van der Waals surface area contributed by atoms with Crippen molar-refractivity contribution in [3.05, 3.63) is 76.9 Å². The summed E-state index contributed by atoms with van der Waals surface area (Å²) in [6.45, 7) is 0. The molecule has 3 rings (SSSR count). The van der Waals surface area contributed by atoms with E-state index in [1.165, 1.54) is 19.4 Å². The Morgan fingerprint density at radius 1 is 1.12 bits per heavy atom. The monoisotopic (exact) mass is 374 g/mol. The van der Waals surface area contributed by atoms with Gasteiger partial charge in [0.1, 0.15) is 17.2 Å². The molecule has 1 aromatic heterocycles. The molecule has 26 heavy (non-hydrogen) atoms. The van der Waals surface area contributed by atoms with Gasteiger partial charge in [-0.3, -0.25) is 4.79 Å². The van der Waals surface area contributed by atoms with Gasteiger partial charge in [-0.2, -0.15) is 0 Å². The average Bonchev–Trinajstić information content (AvgIpc) is 2.62. The molecule has 0 aliphatic rings. The van der Waals surface area contributed by atoms with Crippen molar-refractivity contribution in [2.24, 2.45) is 0 Å². The number of pyridine rings is 1. The molecular weight excluding hydrogens is 362 g/mol. The van der Waals surface area contributed by atoms with Crippen LogP contribution in [0.3, 0.4) is 0 Å². The Hall–Kier alpha value is -2.99. The number of methoxy groups -OCH3 is 1. The number of carbonyl (C=O) groups excluding carboxylic acids is 1. The fourth-order valence-electron chi connectivity index (χ4n) is 2.44. The predicted molar refractivity (Wildman–Crippen MR) is 95.5 cm³/mol. The Morgan fingerprint density at radius 3 is 2.38 bits per heavy atom. The summed E-state index contributed by atoms with van der Waals surface area (Å²) in [5, 5.41) is 2.92. The molecule has 0 saturated carbocycles. The minimum atomic E-state index is -0.922. The number of hydrogen-bond acceptors (Lipinski definition) is 3. The third-order valence-corrected chi connectivity index (χ3v) is 3.86. The molecule has 1 N–H and O–H groups in total. The number of rotatable bonds is 4. The largest absolute Gasteiger partial charge is 0.481 e. The second-order valence-electron chi connectivity index (χ2n) is 5.34. The van der Waals surface area contributed by atoms with Crippen molar-refractivity contribution < 1.29 is 18.3 Å². The topological polar surface area (TPSA) is 51.2 Å². The van der Waals surface area contributed by atoms with Gasteiger partial charge in [0.2, 0.25) is 5.88 Å². The quantitative estimate of drug-likeness (QED) is 0.703. The smallest absolute Gasteiger partial charge is 0.261 e. The highest BCUT2D eigenvalue weighted by atomic mass is 35.5. The van der Waals surface area contributed by atoms with Crippen LogP contribution in [0.5, 0.6) is 5.88 Å². The summed E-state index contributed by atoms with van der Waals surface area (Å²) in [6.07, 6.45) is 1.47. The van der Waals surface area contributed by atoms with Crippen molar-refractivity contribution in [3.8, 4) is 17.0 Å². The van der Waals surface area contributed by atoms with Gasteiger partial charge < -0.3 is 10.1 Å². The number of amides is 1. The number of carbonyl (C=O) groups is 1. The molecule has 0 atom stereocenters. The van der Waals surface area contributed by atoms with Gasteiger partial charge in [-0.05, 0) is 35.9 Å². The molecule has 0 radical (unpaired) electrons. The van der Waals surface area contributed by atoms with Crippen LogP contribution >= 0.6 is 11.6 Å². The van der Waals surface area contributed by atoms with Crippen LogP contribution < -0.4 is 10.1 Å². The van der Waals surface area contributed by atoms with Crippen LogP contribution in [0, 0.1) is 11.6 Å². The molecular formula is C19H13ClF2N2O2. The number of anilines is 1. The molecule has 0 aliphatic carbocycles. The molecule has 7 heteroatoms. The van der Waals surface area contributed by atoms with E-state index in [4.69, 9.17) is 16.3 Å². The van der Waals surface area contributed by atoms with Crippen molar-refractivity contribution in [2.75, 3.05) is 12.4 Å². The zero-order chi connectivity index (χ0) is 18.7. The van der Waals surface area contributed by atoms with E-state index in [-0.39, 0.29) is 0 Å². The van der Waals surface area contributed by atoms with Gasteiger partial charge in [-0.1, -0.05) is 29.8 Å². The summed E-state index contributed by atoms with van der Waals surface area (Å²) in [5.41, 5.74) is 1.19. The number of benzene rings is 2. The van der Waals surface area contributed by atoms with Crippen molar-refractivity contribution in [1.29, 1.82) is 0 Å². The summed E-state index contributed by atoms with van der Waals surface area (Å²) >= 11 is 5.98. The standard InChI is InChI=1S/C19H13ClF2N2O2/c1-26-19-14(9-12(20)10-23-19)11-5-7-13(8-6-11)24-18(25)17-15(21)3-2-4-16(17)22/h2-10H,1H3,(H,24,25). The summed E-state index contributed by atoms with van der Waals surface area (Å²) < 4.78 is 32.6. The van der Waals surface area contributed by atoms with Crippen LogP contribution in [0.2, 0.25) is 5.02 Å². The number of aromatic nitrogens is 1. The summed E-state index contributed by atoms with van der Waals surface area (Å²) in [6, 6.07) is 11.6. The van der Waals surface area contributed by atoms with Gasteiger partial charge in [0.05, 0.1) is 12.1 Å². The second-order valence-corrected chi connectivity index (χ2v) is 5.77. The molecule has 2 aromatic carbocycles. The van der Waals surface area contributed by atoms with E-state index >= 15 is 0 Å². The van der Waals surface area contributed by atoms with E-state index in [0.717, 1.165) is 17.7 Å². The highest BCUT2D eigenvalue weighted by Gasteiger charge is 2.17. The number of nitrogens with one attached hydrogen (secondary N) is 1. The summed E-state index contributed by atoms with van der Waals surface area (Å²) in [4.78, 5) is 16.2. The Labute approximate surface area is 153 Å². The Bertz CT molecular complexity index is 942. The lowest BCUT2D eigenvalue weighted by atomic mass is 10.1. The number of nitrogens with zero attached hydrogens (tertiary/aromatic N) is 1. The fourth-order valence-corrected chi connectivity index (χ4v) is 2.60. The lowest BCUT2D eigenvalue weighted by Gasteiger charge is -2.10. The van der Waals surface area contributed by atoms with E-state index in [0.29, 0.717) is 22.2 Å². The summed E-state index contributed by atoms with van der Waals surface area (Å²) in [7, 11) is 1.50. The SMILES string of the molecule is COc1ncc(Cl)cc1-c1ccc(NC(=O)c2c(F)cccc2F)cc1. The lowest BCUT2D eigenvalue weighted by molar-refractivity contribution is 0.101. The van der Waals surface area contributed by atoms with Gasteiger partial charge in [-0.15, -0.1) is 0 Å². The number of ether oxygens (including phenoxy) is 1. The number of halogens is 3. The maximum atomic E-state index is 13.7. The molecule has 0 bridgehead atoms. The molecule has 1 heterocycles. The minimum Gasteiger partial charge on any atom is -0.481 e. The normalized spacial score (nSPS) is 10.5. The first kappa shape index (κ1) is 17.8. The first-order valence-electron chi connectivity index (χ1n) is 7.55. The lowest BCUT2D eigenvalue weighted by Crippen LogP contribution is -2.15. The van der Waals surface area contributed by atoms with Crippen LogP contribution in [0.1, 0.15) is 10.4 Å². The van der Waals surface area contributed by atoms with Gasteiger partial charge in [-0.25, -0.2) is 13.8 Å². The minimum absolute atomic E-state index is 0.385. The van der Waals surface area contributed by atoms with E-state index in [9.17, 15) is 13.6 Å². The van der Waals surface area contributed by atoms with Crippen molar-refractivity contribution in [3.63, 3.8) is 0 Å². The highest BCUT2D eigenvalue weighted by Crippen LogP contribution is 2.31. The van der Waals surface area contributed by atoms with Crippen LogP contribution in [0.15, 0.2) is 54.7 Å². The van der Waals surface area contributed by atoms with E-state index in [1.807, 2.05) is 0 Å². The van der Waals surface area contributed by atoms with E-state index < -0.39 is 23.1 Å². The van der Waals surface area contributed by atoms with Crippen molar-refractivity contribution in [1.82, 2.24) is 4.98 Å². The van der Waals surface area contributed by atoms with E-state index in [2.05, 4.69) is 10.3 Å². The summed E-state index contributed by atoms with van der Waals surface area (Å²) in [5.74, 6) is -2.31. The van der Waals surface area contributed by atoms with Gasteiger partial charge >= 0.3 is 0 Å². The third-order valence-electron chi connectivity index (χ3n) is 3.65. The Morgan fingerprint density at radius 2 is 1.77 bits per heavy atom. The van der Waals surface area contributed by atoms with E-state index in [1.54, 1.807) is 30.3 Å². The van der Waals surface area contributed by atoms with Crippen LogP contribution in [0.25, 0.3) is 11.1 Å². The highest BCUT2D eigenvalue weighted by molar-refractivity contribution is 6.30. The van der Waals surface area contributed by atoms with Gasteiger partial charge in [0.15, 0.2) is 0 Å². The Kier molecular flexibility index (Phi) is 5.14. The molecule has 0 spiro atoms. The third kappa shape index (κ3) is 3.65. The maximum absolute atomic E-state index is 13.7. The van der Waals surface area contributed by atoms with Crippen molar-refractivity contribution >= 4 is 23.2 Å². The maximum Gasteiger partial charge on any atom is 0.261 e. The zero-order valence-corrected chi connectivity index (χ0v) is 14.3. The molecule has 0 saturated heterocycles. The molecule has 0 fully saturated rings. The van der Waals surface area contributed by atoms with Crippen molar-refractivity contribution in [2.45, 2.75) is 0 Å². The Balaban J connectivity index is 1.85. The first-order valence-corrected chi connectivity index (χ1v) is 7.92. The van der Waals surface area contributed by atoms with Crippen LogP contribution in [-0.4, -0.2) is 18.0 Å². The number of hydrogen-bond donors (Lipinski definition) is 1. The van der Waals surface area contributed by atoms with Crippen LogP contribution in [-0.2, 0) is 0 Å². The second kappa shape index (κ2) is 7.49. The van der Waals surface area contributed by atoms with Crippen LogP contribution in [0.4, 0.5) is 14.5 Å². The molecule has 0 aliphatic heterocycles. The molecule has 1 amide bonds. The fraction of sp³-hybridized carbons (Fsp3) is 0.0526. The molecule has 0 unspecified atom stereocenters. The molecule has 4 nitrogen and oxygen atoms in total. The molecule has 132 valence electrons. The van der Waals surface area contributed by atoms with Gasteiger partial charge in [0, 0.05) is 17.4 Å². The first-order chi connectivity index (χ1) is 12.5. The zero-order valence-electron chi connectivity index (χ0n) is 13.6. The average molecular weight is 375 g/mol. The van der Waals surface area contributed by atoms with Gasteiger partial charge in [0.25, 0.3) is 5.91 Å². The predicted octanol–water partition coefficient (Wildman–Crippen LogP) is 4.94. The molecule has 3 aromatic rings.